The molecular weight excluding hydrogens is 272 g/mol. The molecule has 1 N–H and O–H groups in total. The summed E-state index contributed by atoms with van der Waals surface area (Å²) < 4.78 is 4.96. The first kappa shape index (κ1) is 14.9. The summed E-state index contributed by atoms with van der Waals surface area (Å²) in [6, 6.07) is 5.53. The fourth-order valence-electron chi connectivity index (χ4n) is 1.95. The van der Waals surface area contributed by atoms with Gasteiger partial charge in [-0.05, 0) is 25.5 Å². The molecule has 0 unspecified atom stereocenters. The number of rotatable bonds is 4. The highest BCUT2D eigenvalue weighted by Crippen LogP contribution is 2.12. The lowest BCUT2D eigenvalue weighted by atomic mass is 10.0. The number of aryl methyl sites for hydroxylation is 2. The van der Waals surface area contributed by atoms with E-state index in [9.17, 15) is 14.4 Å². The zero-order valence-corrected chi connectivity index (χ0v) is 11.9. The Bertz CT molecular complexity index is 635. The molecule has 21 heavy (non-hydrogen) atoms. The van der Waals surface area contributed by atoms with Gasteiger partial charge in [0.1, 0.15) is 5.71 Å². The normalized spacial score (nSPS) is 14.2. The number of benzene rings is 1. The van der Waals surface area contributed by atoms with Gasteiger partial charge in [0.15, 0.2) is 6.61 Å². The highest BCUT2D eigenvalue weighted by Gasteiger charge is 2.21. The number of ketones is 1. The zero-order valence-electron chi connectivity index (χ0n) is 11.9. The van der Waals surface area contributed by atoms with Crippen molar-refractivity contribution < 1.29 is 19.1 Å². The second kappa shape index (κ2) is 6.30. The number of nitrogens with zero attached hydrogens (tertiary/aromatic N) is 1. The summed E-state index contributed by atoms with van der Waals surface area (Å²) >= 11 is 0. The van der Waals surface area contributed by atoms with Crippen LogP contribution in [0.5, 0.6) is 0 Å². The topological polar surface area (TPSA) is 84.8 Å². The average Bonchev–Trinajstić information content (AvgIpc) is 2.47. The summed E-state index contributed by atoms with van der Waals surface area (Å²) in [5.74, 6) is -1.17. The van der Waals surface area contributed by atoms with Crippen LogP contribution in [0.1, 0.15) is 34.3 Å². The lowest BCUT2D eigenvalue weighted by molar-refractivity contribution is -0.134. The molecule has 2 rings (SSSR count). The van der Waals surface area contributed by atoms with Gasteiger partial charge in [0.2, 0.25) is 11.7 Å². The van der Waals surface area contributed by atoms with Gasteiger partial charge >= 0.3 is 5.97 Å². The van der Waals surface area contributed by atoms with E-state index in [1.165, 1.54) is 0 Å². The lowest BCUT2D eigenvalue weighted by Gasteiger charge is -2.11. The fraction of sp³-hybridized carbons (Fsp3) is 0.333. The van der Waals surface area contributed by atoms with Crippen molar-refractivity contribution in [2.75, 3.05) is 6.61 Å². The maximum absolute atomic E-state index is 12.1. The van der Waals surface area contributed by atoms with Gasteiger partial charge in [0.25, 0.3) is 0 Å². The number of amides is 1. The van der Waals surface area contributed by atoms with E-state index in [1.807, 2.05) is 26.0 Å². The van der Waals surface area contributed by atoms with E-state index in [0.29, 0.717) is 5.56 Å². The Balaban J connectivity index is 1.96. The molecule has 1 amide bonds. The van der Waals surface area contributed by atoms with E-state index < -0.39 is 5.97 Å². The SMILES string of the molecule is Cc1ccc(C)c(C(=O)COC(=O)C2=NNC(=O)CC2)c1. The molecule has 0 saturated heterocycles. The predicted molar refractivity (Wildman–Crippen MR) is 76.0 cm³/mol. The van der Waals surface area contributed by atoms with Crippen molar-refractivity contribution in [3.8, 4) is 0 Å². The minimum atomic E-state index is -0.673. The molecule has 0 spiro atoms. The lowest BCUT2D eigenvalue weighted by Crippen LogP contribution is -2.31. The molecule has 0 atom stereocenters. The van der Waals surface area contributed by atoms with Crippen LogP contribution in [-0.2, 0) is 14.3 Å². The summed E-state index contributed by atoms with van der Waals surface area (Å²) in [5.41, 5.74) is 4.69. The molecule has 0 radical (unpaired) electrons. The van der Waals surface area contributed by atoms with Crippen molar-refractivity contribution in [1.29, 1.82) is 0 Å². The molecule has 1 aliphatic heterocycles. The Labute approximate surface area is 122 Å². The Morgan fingerprint density at radius 1 is 1.29 bits per heavy atom. The van der Waals surface area contributed by atoms with Crippen LogP contribution in [0.15, 0.2) is 23.3 Å². The number of Topliss-reactive ketones (excluding diaryl/α,β-unsaturated/α-hetero) is 1. The Morgan fingerprint density at radius 3 is 2.71 bits per heavy atom. The van der Waals surface area contributed by atoms with Crippen LogP contribution in [-0.4, -0.2) is 30.0 Å². The maximum atomic E-state index is 12.1. The van der Waals surface area contributed by atoms with E-state index in [0.717, 1.165) is 11.1 Å². The first-order valence-corrected chi connectivity index (χ1v) is 6.60. The van der Waals surface area contributed by atoms with Crippen LogP contribution in [0.4, 0.5) is 0 Å². The van der Waals surface area contributed by atoms with Crippen molar-refractivity contribution >= 4 is 23.4 Å². The van der Waals surface area contributed by atoms with Gasteiger partial charge < -0.3 is 4.74 Å². The molecule has 0 fully saturated rings. The number of carbonyl (C=O) groups excluding carboxylic acids is 3. The number of carbonyl (C=O) groups is 3. The summed E-state index contributed by atoms with van der Waals surface area (Å²) in [7, 11) is 0. The van der Waals surface area contributed by atoms with Crippen LogP contribution in [0.3, 0.4) is 0 Å². The van der Waals surface area contributed by atoms with Crippen LogP contribution in [0, 0.1) is 13.8 Å². The number of nitrogens with one attached hydrogen (secondary N) is 1. The quantitative estimate of drug-likeness (QED) is 0.668. The van der Waals surface area contributed by atoms with Crippen LogP contribution in [0.2, 0.25) is 0 Å². The molecule has 1 aromatic rings. The highest BCUT2D eigenvalue weighted by atomic mass is 16.5. The molecule has 0 aliphatic carbocycles. The van der Waals surface area contributed by atoms with Crippen LogP contribution < -0.4 is 5.43 Å². The van der Waals surface area contributed by atoms with Crippen molar-refractivity contribution in [2.24, 2.45) is 5.10 Å². The molecule has 110 valence electrons. The van der Waals surface area contributed by atoms with Crippen molar-refractivity contribution in [3.05, 3.63) is 34.9 Å². The van der Waals surface area contributed by atoms with E-state index in [4.69, 9.17) is 4.74 Å². The van der Waals surface area contributed by atoms with Gasteiger partial charge in [-0.15, -0.1) is 0 Å². The largest absolute Gasteiger partial charge is 0.453 e. The number of hydrogen-bond acceptors (Lipinski definition) is 5. The number of esters is 1. The van der Waals surface area contributed by atoms with Crippen LogP contribution in [0.25, 0.3) is 0 Å². The van der Waals surface area contributed by atoms with Gasteiger partial charge in [-0.3, -0.25) is 9.59 Å². The third kappa shape index (κ3) is 3.75. The van der Waals surface area contributed by atoms with Gasteiger partial charge in [-0.25, -0.2) is 10.2 Å². The van der Waals surface area contributed by atoms with Crippen molar-refractivity contribution in [2.45, 2.75) is 26.7 Å². The minimum Gasteiger partial charge on any atom is -0.453 e. The third-order valence-electron chi connectivity index (χ3n) is 3.17. The smallest absolute Gasteiger partial charge is 0.354 e. The molecule has 0 aromatic heterocycles. The minimum absolute atomic E-state index is 0.128. The number of hydrazone groups is 1. The standard InChI is InChI=1S/C15H16N2O4/c1-9-3-4-10(2)11(7-9)13(18)8-21-15(20)12-5-6-14(19)17-16-12/h3-4,7H,5-6,8H2,1-2H3,(H,17,19). The second-order valence-electron chi connectivity index (χ2n) is 4.91. The first-order valence-electron chi connectivity index (χ1n) is 6.60. The summed E-state index contributed by atoms with van der Waals surface area (Å²) in [6.45, 7) is 3.38. The predicted octanol–water partition coefficient (Wildman–Crippen LogP) is 1.30. The third-order valence-corrected chi connectivity index (χ3v) is 3.17. The van der Waals surface area contributed by atoms with Crippen molar-refractivity contribution in [1.82, 2.24) is 5.43 Å². The number of hydrogen-bond donors (Lipinski definition) is 1. The highest BCUT2D eigenvalue weighted by molar-refractivity contribution is 6.37. The molecule has 6 heteroatoms. The molecule has 6 nitrogen and oxygen atoms in total. The van der Waals surface area contributed by atoms with Gasteiger partial charge in [-0.1, -0.05) is 17.7 Å². The maximum Gasteiger partial charge on any atom is 0.354 e. The Morgan fingerprint density at radius 2 is 2.05 bits per heavy atom. The fourth-order valence-corrected chi connectivity index (χ4v) is 1.95. The number of ether oxygens (including phenoxy) is 1. The van der Waals surface area contributed by atoms with E-state index in [1.54, 1.807) is 6.07 Å². The zero-order chi connectivity index (χ0) is 15.4. The van der Waals surface area contributed by atoms with Gasteiger partial charge in [-0.2, -0.15) is 5.10 Å². The van der Waals surface area contributed by atoms with Gasteiger partial charge in [0.05, 0.1) is 0 Å². The first-order chi connectivity index (χ1) is 9.97. The Hall–Kier alpha value is -2.50. The molecule has 0 bridgehead atoms. The van der Waals surface area contributed by atoms with E-state index >= 15 is 0 Å². The monoisotopic (exact) mass is 288 g/mol. The molecule has 1 heterocycles. The average molecular weight is 288 g/mol. The molecule has 0 saturated carbocycles. The molecule has 1 aromatic carbocycles. The van der Waals surface area contributed by atoms with Crippen molar-refractivity contribution in [3.63, 3.8) is 0 Å². The second-order valence-corrected chi connectivity index (χ2v) is 4.91. The molecular formula is C15H16N2O4. The van der Waals surface area contributed by atoms with E-state index in [2.05, 4.69) is 10.5 Å². The Kier molecular flexibility index (Phi) is 4.47. The van der Waals surface area contributed by atoms with E-state index in [-0.39, 0.29) is 36.9 Å². The van der Waals surface area contributed by atoms with Crippen LogP contribution >= 0.6 is 0 Å². The molecule has 1 aliphatic rings. The summed E-state index contributed by atoms with van der Waals surface area (Å²) in [6.07, 6.45) is 0.418. The van der Waals surface area contributed by atoms with Gasteiger partial charge in [0, 0.05) is 18.4 Å². The summed E-state index contributed by atoms with van der Waals surface area (Å²) in [5, 5.41) is 3.62. The summed E-state index contributed by atoms with van der Waals surface area (Å²) in [4.78, 5) is 34.7.